The van der Waals surface area contributed by atoms with E-state index in [1.807, 2.05) is 36.4 Å². The summed E-state index contributed by atoms with van der Waals surface area (Å²) in [6.45, 7) is 0. The molecule has 0 fully saturated rings. The van der Waals surface area contributed by atoms with Crippen LogP contribution in [-0.2, 0) is 0 Å². The highest BCUT2D eigenvalue weighted by Crippen LogP contribution is 2.43. The Bertz CT molecular complexity index is 2880. The van der Waals surface area contributed by atoms with E-state index in [1.165, 1.54) is 49.2 Å². The standard InChI is InChI=1S/C51H33N3/c1-4-14-34(15-5-1)35-24-26-36(27-25-35)37-28-30-38(31-29-37)41-32-46-44-22-11-10-20-42(44)43-21-12-13-23-45(43)48(46)47(33-41)51-53-49(39-16-6-2-7-17-39)52-50(54-51)40-18-8-3-9-19-40/h1-33H. The second-order valence-electron chi connectivity index (χ2n) is 13.6. The normalized spacial score (nSPS) is 11.3. The molecule has 3 nitrogen and oxygen atoms in total. The molecule has 10 aromatic rings. The lowest BCUT2D eigenvalue weighted by atomic mass is 9.88. The third kappa shape index (κ3) is 5.69. The van der Waals surface area contributed by atoms with Gasteiger partial charge in [-0.2, -0.15) is 0 Å². The minimum Gasteiger partial charge on any atom is -0.208 e. The van der Waals surface area contributed by atoms with E-state index in [0.717, 1.165) is 33.2 Å². The molecule has 1 heterocycles. The summed E-state index contributed by atoms with van der Waals surface area (Å²) in [5.41, 5.74) is 9.89. The van der Waals surface area contributed by atoms with Gasteiger partial charge in [-0.3, -0.25) is 0 Å². The second-order valence-corrected chi connectivity index (χ2v) is 13.6. The summed E-state index contributed by atoms with van der Waals surface area (Å²) in [6, 6.07) is 70.6. The Morgan fingerprint density at radius 2 is 0.556 bits per heavy atom. The molecule has 0 N–H and O–H groups in total. The molecule has 0 aliphatic rings. The van der Waals surface area contributed by atoms with Gasteiger partial charge < -0.3 is 0 Å². The van der Waals surface area contributed by atoms with E-state index >= 15 is 0 Å². The number of rotatable bonds is 6. The van der Waals surface area contributed by atoms with Crippen molar-refractivity contribution in [1.82, 2.24) is 15.0 Å². The van der Waals surface area contributed by atoms with Crippen LogP contribution in [0, 0.1) is 0 Å². The molecule has 3 heteroatoms. The van der Waals surface area contributed by atoms with Crippen molar-refractivity contribution in [3.63, 3.8) is 0 Å². The molecule has 0 aliphatic heterocycles. The molecule has 54 heavy (non-hydrogen) atoms. The van der Waals surface area contributed by atoms with E-state index in [1.54, 1.807) is 0 Å². The van der Waals surface area contributed by atoms with Gasteiger partial charge in [0.1, 0.15) is 0 Å². The minimum absolute atomic E-state index is 0.644. The zero-order valence-corrected chi connectivity index (χ0v) is 29.4. The fraction of sp³-hybridized carbons (Fsp3) is 0. The Morgan fingerprint density at radius 3 is 1.04 bits per heavy atom. The maximum Gasteiger partial charge on any atom is 0.164 e. The molecule has 0 amide bonds. The van der Waals surface area contributed by atoms with Gasteiger partial charge in [-0.05, 0) is 72.4 Å². The van der Waals surface area contributed by atoms with Crippen LogP contribution in [0.2, 0.25) is 0 Å². The van der Waals surface area contributed by atoms with Crippen molar-refractivity contribution >= 4 is 32.3 Å². The Hall–Kier alpha value is -7.23. The lowest BCUT2D eigenvalue weighted by Gasteiger charge is -2.17. The van der Waals surface area contributed by atoms with Gasteiger partial charge in [0.2, 0.25) is 0 Å². The number of hydrogen-bond donors (Lipinski definition) is 0. The maximum absolute atomic E-state index is 5.23. The number of fused-ring (bicyclic) bond motifs is 6. The van der Waals surface area contributed by atoms with Gasteiger partial charge in [0.25, 0.3) is 0 Å². The highest BCUT2D eigenvalue weighted by atomic mass is 15.0. The molecule has 0 atom stereocenters. The van der Waals surface area contributed by atoms with E-state index < -0.39 is 0 Å². The lowest BCUT2D eigenvalue weighted by Crippen LogP contribution is -2.01. The molecule has 0 saturated carbocycles. The van der Waals surface area contributed by atoms with E-state index in [-0.39, 0.29) is 0 Å². The summed E-state index contributed by atoms with van der Waals surface area (Å²) in [5.74, 6) is 1.93. The molecule has 10 rings (SSSR count). The molecule has 0 spiro atoms. The number of aromatic nitrogens is 3. The van der Waals surface area contributed by atoms with Gasteiger partial charge in [-0.1, -0.05) is 188 Å². The SMILES string of the molecule is c1ccc(-c2ccc(-c3ccc(-c4cc(-c5nc(-c6ccccc6)nc(-c6ccccc6)n5)c5c6ccccc6c6ccccc6c5c4)cc3)cc2)cc1. The number of nitrogens with zero attached hydrogens (tertiary/aromatic N) is 3. The van der Waals surface area contributed by atoms with E-state index in [0.29, 0.717) is 17.5 Å². The Balaban J connectivity index is 1.19. The fourth-order valence-corrected chi connectivity index (χ4v) is 7.65. The average Bonchev–Trinajstić information content (AvgIpc) is 3.27. The van der Waals surface area contributed by atoms with Gasteiger partial charge in [0.05, 0.1) is 0 Å². The summed E-state index contributed by atoms with van der Waals surface area (Å²) in [7, 11) is 0. The van der Waals surface area contributed by atoms with Crippen LogP contribution in [0.1, 0.15) is 0 Å². The highest BCUT2D eigenvalue weighted by molar-refractivity contribution is 6.28. The van der Waals surface area contributed by atoms with Crippen molar-refractivity contribution in [2.45, 2.75) is 0 Å². The molecule has 252 valence electrons. The molecule has 1 aromatic heterocycles. The topological polar surface area (TPSA) is 38.7 Å². The van der Waals surface area contributed by atoms with E-state index in [9.17, 15) is 0 Å². The first-order valence-corrected chi connectivity index (χ1v) is 18.3. The zero-order chi connectivity index (χ0) is 35.8. The lowest BCUT2D eigenvalue weighted by molar-refractivity contribution is 1.08. The molecule has 0 saturated heterocycles. The highest BCUT2D eigenvalue weighted by Gasteiger charge is 2.19. The van der Waals surface area contributed by atoms with Gasteiger partial charge >= 0.3 is 0 Å². The first-order chi connectivity index (χ1) is 26.8. The van der Waals surface area contributed by atoms with Crippen LogP contribution >= 0.6 is 0 Å². The van der Waals surface area contributed by atoms with Crippen LogP contribution in [-0.4, -0.2) is 15.0 Å². The molecule has 0 unspecified atom stereocenters. The summed E-state index contributed by atoms with van der Waals surface area (Å²) in [5, 5.41) is 7.10. The maximum atomic E-state index is 5.23. The molecule has 0 aliphatic carbocycles. The van der Waals surface area contributed by atoms with Crippen LogP contribution < -0.4 is 0 Å². The van der Waals surface area contributed by atoms with Gasteiger partial charge in [-0.15, -0.1) is 0 Å². The second kappa shape index (κ2) is 13.4. The predicted molar refractivity (Wildman–Crippen MR) is 225 cm³/mol. The largest absolute Gasteiger partial charge is 0.208 e. The summed E-state index contributed by atoms with van der Waals surface area (Å²) in [4.78, 5) is 15.5. The zero-order valence-electron chi connectivity index (χ0n) is 29.4. The Morgan fingerprint density at radius 1 is 0.222 bits per heavy atom. The summed E-state index contributed by atoms with van der Waals surface area (Å²) >= 11 is 0. The predicted octanol–water partition coefficient (Wildman–Crippen LogP) is 13.3. The van der Waals surface area contributed by atoms with Crippen molar-refractivity contribution in [3.05, 3.63) is 200 Å². The third-order valence-corrected chi connectivity index (χ3v) is 10.3. The number of hydrogen-bond acceptors (Lipinski definition) is 3. The smallest absolute Gasteiger partial charge is 0.164 e. The molecular formula is C51H33N3. The van der Waals surface area contributed by atoms with Crippen molar-refractivity contribution < 1.29 is 0 Å². The van der Waals surface area contributed by atoms with Crippen LogP contribution in [0.25, 0.3) is 99.9 Å². The molecule has 0 radical (unpaired) electrons. The van der Waals surface area contributed by atoms with Crippen molar-refractivity contribution in [1.29, 1.82) is 0 Å². The van der Waals surface area contributed by atoms with E-state index in [4.69, 9.17) is 15.0 Å². The van der Waals surface area contributed by atoms with Crippen LogP contribution in [0.3, 0.4) is 0 Å². The van der Waals surface area contributed by atoms with Gasteiger partial charge in [0, 0.05) is 22.1 Å². The quantitative estimate of drug-likeness (QED) is 0.163. The summed E-state index contributed by atoms with van der Waals surface area (Å²) < 4.78 is 0. The average molecular weight is 688 g/mol. The third-order valence-electron chi connectivity index (χ3n) is 10.3. The first kappa shape index (κ1) is 31.5. The first-order valence-electron chi connectivity index (χ1n) is 18.3. The van der Waals surface area contributed by atoms with E-state index in [2.05, 4.69) is 164 Å². The Kier molecular flexibility index (Phi) is 7.81. The minimum atomic E-state index is 0.644. The molecular weight excluding hydrogens is 655 g/mol. The summed E-state index contributed by atoms with van der Waals surface area (Å²) in [6.07, 6.45) is 0. The van der Waals surface area contributed by atoms with Crippen LogP contribution in [0.4, 0.5) is 0 Å². The number of benzene rings is 9. The van der Waals surface area contributed by atoms with Gasteiger partial charge in [0.15, 0.2) is 17.5 Å². The fourth-order valence-electron chi connectivity index (χ4n) is 7.65. The van der Waals surface area contributed by atoms with Crippen molar-refractivity contribution in [2.75, 3.05) is 0 Å². The van der Waals surface area contributed by atoms with Gasteiger partial charge in [-0.25, -0.2) is 15.0 Å². The molecule has 0 bridgehead atoms. The monoisotopic (exact) mass is 687 g/mol. The van der Waals surface area contributed by atoms with Crippen molar-refractivity contribution in [3.8, 4) is 67.5 Å². The van der Waals surface area contributed by atoms with Crippen molar-refractivity contribution in [2.24, 2.45) is 0 Å². The van der Waals surface area contributed by atoms with Crippen LogP contribution in [0.15, 0.2) is 200 Å². The Labute approximate surface area is 313 Å². The van der Waals surface area contributed by atoms with Crippen LogP contribution in [0.5, 0.6) is 0 Å². The molecule has 9 aromatic carbocycles.